The predicted molar refractivity (Wildman–Crippen MR) is 391 cm³/mol. The lowest BCUT2D eigenvalue weighted by molar-refractivity contribution is 0.101. The summed E-state index contributed by atoms with van der Waals surface area (Å²) in [5.74, 6) is 2.48. The Hall–Kier alpha value is -9.34. The van der Waals surface area contributed by atoms with Crippen molar-refractivity contribution in [3.05, 3.63) is 347 Å². The molecule has 0 saturated heterocycles. The maximum Gasteiger partial charge on any atom is 0.154 e. The van der Waals surface area contributed by atoms with Gasteiger partial charge < -0.3 is 24.0 Å². The van der Waals surface area contributed by atoms with Crippen molar-refractivity contribution in [1.29, 1.82) is 0 Å². The molecular weight excluding hydrogens is 1230 g/mol. The summed E-state index contributed by atoms with van der Waals surface area (Å²) < 4.78 is 83.3. The van der Waals surface area contributed by atoms with E-state index in [4.69, 9.17) is 14.2 Å². The molecule has 5 nitrogen and oxygen atoms in total. The summed E-state index contributed by atoms with van der Waals surface area (Å²) in [6.07, 6.45) is 59.2. The molecule has 14 atom stereocenters. The maximum atomic E-state index is 16.1. The van der Waals surface area contributed by atoms with E-state index >= 15 is 17.6 Å². The minimum atomic E-state index is -1.65. The first-order valence-corrected chi connectivity index (χ1v) is 36.2. The number of hydrogen-bond donors (Lipinski definition) is 0. The van der Waals surface area contributed by atoms with E-state index in [2.05, 4.69) is 235 Å². The van der Waals surface area contributed by atoms with Crippen molar-refractivity contribution >= 4 is 11.4 Å². The van der Waals surface area contributed by atoms with E-state index in [9.17, 15) is 0 Å². The number of nitrogens with zero attached hydrogens (tertiary/aromatic N) is 2. The number of alkyl halides is 2. The number of fused-ring (bicyclic) bond motifs is 8. The van der Waals surface area contributed by atoms with Crippen LogP contribution in [0.2, 0.25) is 0 Å². The van der Waals surface area contributed by atoms with Gasteiger partial charge in [-0.3, -0.25) is 0 Å². The lowest BCUT2D eigenvalue weighted by Gasteiger charge is -2.44. The van der Waals surface area contributed by atoms with E-state index in [0.717, 1.165) is 109 Å². The SMILES string of the molecule is C=CC1=CCC(OC2=CC=C(C3(C4C=CCCC4)c4ccccc4-c4ccc(N(C5C=CC(F)=C(F)C5)C5C=CC6C7=C(CC(N(C8=CCC(F)C(F)C8)c8ccc9c(c8)C(c8ccccc8)(C8C=CC(OC%10=CC=C(C=C)CC%10)=CC8)C8C=CC=CC98)C=C7)OC6C5)cc43)CC2)C=C1. The highest BCUT2D eigenvalue weighted by Gasteiger charge is 2.57. The first-order chi connectivity index (χ1) is 48.6. The van der Waals surface area contributed by atoms with Gasteiger partial charge in [0.2, 0.25) is 0 Å². The molecule has 500 valence electrons. The molecule has 0 spiro atoms. The second kappa shape index (κ2) is 26.1. The van der Waals surface area contributed by atoms with Gasteiger partial charge in [-0.05, 0) is 161 Å². The fourth-order valence-corrected chi connectivity index (χ4v) is 19.3. The van der Waals surface area contributed by atoms with Gasteiger partial charge >= 0.3 is 0 Å². The Morgan fingerprint density at radius 2 is 1.43 bits per heavy atom. The Bertz CT molecular complexity index is 4530. The van der Waals surface area contributed by atoms with E-state index < -0.39 is 40.9 Å². The first-order valence-electron chi connectivity index (χ1n) is 36.2. The van der Waals surface area contributed by atoms with Crippen LogP contribution in [0.15, 0.2) is 319 Å². The van der Waals surface area contributed by atoms with Gasteiger partial charge in [-0.1, -0.05) is 201 Å². The van der Waals surface area contributed by atoms with Crippen LogP contribution < -0.4 is 9.80 Å². The molecule has 9 heteroatoms. The Kier molecular flexibility index (Phi) is 16.6. The molecule has 1 aliphatic heterocycles. The molecule has 0 aromatic heterocycles. The molecule has 0 amide bonds. The van der Waals surface area contributed by atoms with Crippen molar-refractivity contribution in [2.24, 2.45) is 23.7 Å². The molecule has 1 heterocycles. The van der Waals surface area contributed by atoms with Gasteiger partial charge in [-0.2, -0.15) is 0 Å². The highest BCUT2D eigenvalue weighted by atomic mass is 19.2. The van der Waals surface area contributed by atoms with Crippen molar-refractivity contribution in [3.8, 4) is 11.1 Å². The smallest absolute Gasteiger partial charge is 0.154 e. The minimum Gasteiger partial charge on any atom is -0.493 e. The van der Waals surface area contributed by atoms with Crippen LogP contribution >= 0.6 is 0 Å². The largest absolute Gasteiger partial charge is 0.493 e. The molecule has 4 aromatic rings. The molecule has 4 aromatic carbocycles. The van der Waals surface area contributed by atoms with Gasteiger partial charge in [0, 0.05) is 103 Å². The predicted octanol–water partition coefficient (Wildman–Crippen LogP) is 21.8. The zero-order valence-corrected chi connectivity index (χ0v) is 56.0. The molecule has 17 rings (SSSR count). The maximum absolute atomic E-state index is 16.1. The standard InChI is InChI=1S/C90H84F4N2O3/c1-3-57-23-37-69(38-24-57)97-71-41-27-61(28-42-71)89(59-15-7-5-8-16-59)79-21-13-11-19-73(79)75-45-31-63(51-81(75)89)95(65-35-49-83(91)85(93)53-65)67-33-47-77-78-48-34-68(56-88(78)99-87(77)55-67)96(66-36-50-84(92)86(94)54-66)64-32-46-76-74-20-12-14-22-80(74)90(82(76)52-64,60-17-9-6-10-18-60)62-29-43-72(44-30-62)98-70-39-25-58(4-2)26-40-70/h3-5,7-9,11-17,19-23,25-27,29,31-37,39,41-43,45-48,50-52,60-61,66-68,70,73,78-79,83,85,88H,1-2,6,10,18,24,28,30,38,40,44,49,53-56H2. The molecule has 13 aliphatic rings. The summed E-state index contributed by atoms with van der Waals surface area (Å²) in [7, 11) is 0. The Labute approximate surface area is 580 Å². The molecule has 0 bridgehead atoms. The summed E-state index contributed by atoms with van der Waals surface area (Å²) >= 11 is 0. The van der Waals surface area contributed by atoms with Crippen LogP contribution in [0.25, 0.3) is 11.1 Å². The van der Waals surface area contributed by atoms with Gasteiger partial charge in [0.25, 0.3) is 0 Å². The monoisotopic (exact) mass is 1320 g/mol. The van der Waals surface area contributed by atoms with Crippen LogP contribution in [-0.4, -0.2) is 42.7 Å². The molecule has 99 heavy (non-hydrogen) atoms. The molecule has 0 N–H and O–H groups in total. The fraction of sp³-hybridized carbons (Fsp3) is 0.311. The number of benzene rings is 4. The van der Waals surface area contributed by atoms with E-state index in [0.29, 0.717) is 12.8 Å². The van der Waals surface area contributed by atoms with E-state index in [-0.39, 0.29) is 73.1 Å². The molecule has 0 radical (unpaired) electrons. The highest BCUT2D eigenvalue weighted by molar-refractivity contribution is 5.86. The van der Waals surface area contributed by atoms with E-state index in [1.54, 1.807) is 0 Å². The Balaban J connectivity index is 0.692. The van der Waals surface area contributed by atoms with Crippen LogP contribution in [0, 0.1) is 23.7 Å². The van der Waals surface area contributed by atoms with Crippen LogP contribution in [0.1, 0.15) is 124 Å². The van der Waals surface area contributed by atoms with Gasteiger partial charge in [0.05, 0.1) is 23.9 Å². The number of anilines is 2. The topological polar surface area (TPSA) is 34.2 Å². The van der Waals surface area contributed by atoms with Gasteiger partial charge in [0.15, 0.2) is 5.83 Å². The van der Waals surface area contributed by atoms with Crippen molar-refractivity contribution in [2.45, 2.75) is 149 Å². The van der Waals surface area contributed by atoms with Crippen LogP contribution in [-0.2, 0) is 25.0 Å². The Morgan fingerprint density at radius 1 is 0.606 bits per heavy atom. The van der Waals surface area contributed by atoms with E-state index in [1.165, 1.54) is 56.2 Å². The number of ether oxygens (including phenoxy) is 3. The van der Waals surface area contributed by atoms with Crippen LogP contribution in [0.3, 0.4) is 0 Å². The summed E-state index contributed by atoms with van der Waals surface area (Å²) in [6.45, 7) is 7.92. The van der Waals surface area contributed by atoms with Gasteiger partial charge in [-0.15, -0.1) is 0 Å². The molecule has 12 aliphatic carbocycles. The third-order valence-electron chi connectivity index (χ3n) is 23.9. The van der Waals surface area contributed by atoms with Gasteiger partial charge in [0.1, 0.15) is 47.7 Å². The lowest BCUT2D eigenvalue weighted by atomic mass is 9.58. The quantitative estimate of drug-likeness (QED) is 0.0825. The van der Waals surface area contributed by atoms with Crippen molar-refractivity contribution < 1.29 is 31.8 Å². The summed E-state index contributed by atoms with van der Waals surface area (Å²) in [5, 5.41) is 0. The Morgan fingerprint density at radius 3 is 2.21 bits per heavy atom. The zero-order chi connectivity index (χ0) is 66.9. The second-order valence-corrected chi connectivity index (χ2v) is 29.1. The fourth-order valence-electron chi connectivity index (χ4n) is 19.3. The third-order valence-corrected chi connectivity index (χ3v) is 23.9. The first kappa shape index (κ1) is 63.1. The third kappa shape index (κ3) is 10.9. The average molecular weight is 1320 g/mol. The lowest BCUT2D eigenvalue weighted by Crippen LogP contribution is -2.46. The number of allylic oxidation sites excluding steroid dienone is 26. The van der Waals surface area contributed by atoms with Crippen molar-refractivity contribution in [3.63, 3.8) is 0 Å². The average Bonchev–Trinajstić information content (AvgIpc) is 1.55. The molecule has 0 saturated carbocycles. The zero-order valence-electron chi connectivity index (χ0n) is 56.0. The van der Waals surface area contributed by atoms with Crippen LogP contribution in [0.4, 0.5) is 28.9 Å². The summed E-state index contributed by atoms with van der Waals surface area (Å²) in [4.78, 5) is 4.61. The van der Waals surface area contributed by atoms with Crippen molar-refractivity contribution in [1.82, 2.24) is 0 Å². The molecule has 0 fully saturated rings. The summed E-state index contributed by atoms with van der Waals surface area (Å²) in [6, 6.07) is 32.6. The summed E-state index contributed by atoms with van der Waals surface area (Å²) in [5.41, 5.74) is 15.2. The highest BCUT2D eigenvalue weighted by Crippen LogP contribution is 2.64. The number of rotatable bonds is 16. The minimum absolute atomic E-state index is 0.0100. The van der Waals surface area contributed by atoms with E-state index in [1.807, 2.05) is 24.3 Å². The number of hydrogen-bond acceptors (Lipinski definition) is 5. The van der Waals surface area contributed by atoms with Crippen molar-refractivity contribution in [2.75, 3.05) is 9.80 Å². The molecular formula is C90H84F4N2O3. The molecule has 14 unspecified atom stereocenters. The second-order valence-electron chi connectivity index (χ2n) is 29.1. The van der Waals surface area contributed by atoms with Gasteiger partial charge in [-0.25, -0.2) is 17.6 Å². The van der Waals surface area contributed by atoms with Crippen LogP contribution in [0.5, 0.6) is 0 Å². The normalized spacial score (nSPS) is 31.9. The number of halogens is 4.